The van der Waals surface area contributed by atoms with Crippen LogP contribution in [0.4, 0.5) is 0 Å². The standard InChI is InChI=1S/C13H15ClO2/c1-9-2-3-10-8-11(14)4-5-13(10)16-7-6-12(9)15/h4-5,8-9H,2-3,6-7H2,1H3. The van der Waals surface area contributed by atoms with Gasteiger partial charge in [0.1, 0.15) is 11.5 Å². The highest BCUT2D eigenvalue weighted by Crippen LogP contribution is 2.27. The molecule has 0 radical (unpaired) electrons. The first-order chi connectivity index (χ1) is 7.66. The number of aryl methyl sites for hydroxylation is 1. The quantitative estimate of drug-likeness (QED) is 0.694. The SMILES string of the molecule is CC1CCc2cc(Cl)ccc2OCCC1=O. The van der Waals surface area contributed by atoms with Gasteiger partial charge < -0.3 is 4.74 Å². The van der Waals surface area contributed by atoms with Crippen molar-refractivity contribution < 1.29 is 9.53 Å². The largest absolute Gasteiger partial charge is 0.493 e. The van der Waals surface area contributed by atoms with Gasteiger partial charge in [-0.25, -0.2) is 0 Å². The maximum atomic E-state index is 11.6. The molecule has 1 aliphatic heterocycles. The number of carbonyl (C=O) groups is 1. The third-order valence-electron chi connectivity index (χ3n) is 3.02. The lowest BCUT2D eigenvalue weighted by Gasteiger charge is -2.09. The second-order valence-electron chi connectivity index (χ2n) is 4.26. The smallest absolute Gasteiger partial charge is 0.139 e. The first-order valence-corrected chi connectivity index (χ1v) is 5.98. The topological polar surface area (TPSA) is 26.3 Å². The van der Waals surface area contributed by atoms with Crippen LogP contribution in [-0.4, -0.2) is 12.4 Å². The number of ether oxygens (including phenoxy) is 1. The molecule has 0 saturated carbocycles. The van der Waals surface area contributed by atoms with Crippen LogP contribution in [0.5, 0.6) is 5.75 Å². The first kappa shape index (κ1) is 11.5. The van der Waals surface area contributed by atoms with Crippen molar-refractivity contribution in [3.05, 3.63) is 28.8 Å². The Morgan fingerprint density at radius 1 is 1.38 bits per heavy atom. The summed E-state index contributed by atoms with van der Waals surface area (Å²) in [4.78, 5) is 11.6. The van der Waals surface area contributed by atoms with Crippen LogP contribution < -0.4 is 4.74 Å². The van der Waals surface area contributed by atoms with Gasteiger partial charge in [-0.3, -0.25) is 4.79 Å². The molecule has 0 amide bonds. The molecular weight excluding hydrogens is 224 g/mol. The number of ketones is 1. The van der Waals surface area contributed by atoms with Crippen LogP contribution in [0, 0.1) is 5.92 Å². The van der Waals surface area contributed by atoms with Gasteiger partial charge in [-0.2, -0.15) is 0 Å². The molecule has 1 atom stereocenters. The lowest BCUT2D eigenvalue weighted by molar-refractivity contribution is -0.122. The summed E-state index contributed by atoms with van der Waals surface area (Å²) < 4.78 is 5.60. The third-order valence-corrected chi connectivity index (χ3v) is 3.26. The highest BCUT2D eigenvalue weighted by atomic mass is 35.5. The highest BCUT2D eigenvalue weighted by Gasteiger charge is 2.17. The molecule has 0 saturated heterocycles. The number of fused-ring (bicyclic) bond motifs is 1. The van der Waals surface area contributed by atoms with Crippen LogP contribution in [0.2, 0.25) is 5.02 Å². The van der Waals surface area contributed by atoms with Crippen LogP contribution in [0.15, 0.2) is 18.2 Å². The van der Waals surface area contributed by atoms with Gasteiger partial charge in [-0.1, -0.05) is 18.5 Å². The molecule has 1 aliphatic rings. The van der Waals surface area contributed by atoms with Gasteiger partial charge in [0.05, 0.1) is 6.61 Å². The summed E-state index contributed by atoms with van der Waals surface area (Å²) >= 11 is 5.95. The predicted molar refractivity (Wildman–Crippen MR) is 64.1 cm³/mol. The van der Waals surface area contributed by atoms with E-state index < -0.39 is 0 Å². The molecule has 2 rings (SSSR count). The number of benzene rings is 1. The Balaban J connectivity index is 2.24. The Hall–Kier alpha value is -1.02. The van der Waals surface area contributed by atoms with Gasteiger partial charge in [0.15, 0.2) is 0 Å². The van der Waals surface area contributed by atoms with E-state index >= 15 is 0 Å². The zero-order valence-electron chi connectivity index (χ0n) is 9.33. The molecule has 0 bridgehead atoms. The minimum atomic E-state index is 0.119. The summed E-state index contributed by atoms with van der Waals surface area (Å²) in [6.07, 6.45) is 2.22. The Labute approximate surface area is 101 Å². The number of halogens is 1. The summed E-state index contributed by atoms with van der Waals surface area (Å²) in [5, 5.41) is 0.723. The highest BCUT2D eigenvalue weighted by molar-refractivity contribution is 6.30. The molecule has 86 valence electrons. The molecule has 1 heterocycles. The fourth-order valence-corrected chi connectivity index (χ4v) is 2.12. The van der Waals surface area contributed by atoms with E-state index in [0.717, 1.165) is 29.2 Å². The first-order valence-electron chi connectivity index (χ1n) is 5.61. The molecule has 1 aromatic carbocycles. The van der Waals surface area contributed by atoms with Crippen molar-refractivity contribution in [2.24, 2.45) is 5.92 Å². The maximum absolute atomic E-state index is 11.6. The van der Waals surface area contributed by atoms with E-state index in [1.54, 1.807) is 0 Å². The summed E-state index contributed by atoms with van der Waals surface area (Å²) in [5.41, 5.74) is 1.11. The molecule has 1 unspecified atom stereocenters. The average molecular weight is 239 g/mol. The molecule has 0 aromatic heterocycles. The van der Waals surface area contributed by atoms with Crippen molar-refractivity contribution >= 4 is 17.4 Å². The summed E-state index contributed by atoms with van der Waals surface area (Å²) in [6.45, 7) is 2.45. The number of rotatable bonds is 0. The minimum Gasteiger partial charge on any atom is -0.493 e. The van der Waals surface area contributed by atoms with Gasteiger partial charge in [-0.15, -0.1) is 0 Å². The van der Waals surface area contributed by atoms with E-state index in [4.69, 9.17) is 16.3 Å². The molecule has 0 spiro atoms. The van der Waals surface area contributed by atoms with Crippen LogP contribution in [0.3, 0.4) is 0 Å². The zero-order chi connectivity index (χ0) is 11.5. The summed E-state index contributed by atoms with van der Waals surface area (Å²) in [6, 6.07) is 5.64. The van der Waals surface area contributed by atoms with E-state index in [2.05, 4.69) is 0 Å². The fraction of sp³-hybridized carbons (Fsp3) is 0.462. The van der Waals surface area contributed by atoms with E-state index in [1.165, 1.54) is 0 Å². The van der Waals surface area contributed by atoms with Gasteiger partial charge >= 0.3 is 0 Å². The second kappa shape index (κ2) is 4.88. The van der Waals surface area contributed by atoms with Crippen molar-refractivity contribution in [1.82, 2.24) is 0 Å². The van der Waals surface area contributed by atoms with Gasteiger partial charge in [0.25, 0.3) is 0 Å². The Morgan fingerprint density at radius 2 is 2.19 bits per heavy atom. The maximum Gasteiger partial charge on any atom is 0.139 e. The van der Waals surface area contributed by atoms with E-state index in [-0.39, 0.29) is 5.92 Å². The fourth-order valence-electron chi connectivity index (χ4n) is 1.93. The lowest BCUT2D eigenvalue weighted by atomic mass is 9.96. The van der Waals surface area contributed by atoms with Gasteiger partial charge in [0, 0.05) is 17.4 Å². The zero-order valence-corrected chi connectivity index (χ0v) is 10.1. The number of carbonyl (C=O) groups excluding carboxylic acids is 1. The van der Waals surface area contributed by atoms with Crippen molar-refractivity contribution in [3.8, 4) is 5.75 Å². The van der Waals surface area contributed by atoms with E-state index in [0.29, 0.717) is 18.8 Å². The van der Waals surface area contributed by atoms with E-state index in [1.807, 2.05) is 25.1 Å². The summed E-state index contributed by atoms with van der Waals surface area (Å²) in [5.74, 6) is 1.28. The van der Waals surface area contributed by atoms with Crippen molar-refractivity contribution in [2.45, 2.75) is 26.2 Å². The Bertz CT molecular complexity index is 401. The average Bonchev–Trinajstić information content (AvgIpc) is 2.33. The number of hydrogen-bond acceptors (Lipinski definition) is 2. The van der Waals surface area contributed by atoms with Crippen molar-refractivity contribution in [2.75, 3.05) is 6.61 Å². The molecular formula is C13H15ClO2. The monoisotopic (exact) mass is 238 g/mol. The number of hydrogen-bond donors (Lipinski definition) is 0. The van der Waals surface area contributed by atoms with Crippen LogP contribution in [0.25, 0.3) is 0 Å². The third kappa shape index (κ3) is 2.56. The minimum absolute atomic E-state index is 0.119. The van der Waals surface area contributed by atoms with Gasteiger partial charge in [-0.05, 0) is 36.6 Å². The van der Waals surface area contributed by atoms with Gasteiger partial charge in [0.2, 0.25) is 0 Å². The van der Waals surface area contributed by atoms with Crippen LogP contribution in [-0.2, 0) is 11.2 Å². The molecule has 0 fully saturated rings. The van der Waals surface area contributed by atoms with Crippen molar-refractivity contribution in [1.29, 1.82) is 0 Å². The Kier molecular flexibility index (Phi) is 3.49. The molecule has 1 aromatic rings. The van der Waals surface area contributed by atoms with Crippen LogP contribution in [0.1, 0.15) is 25.3 Å². The van der Waals surface area contributed by atoms with Crippen molar-refractivity contribution in [3.63, 3.8) is 0 Å². The summed E-state index contributed by atoms with van der Waals surface area (Å²) in [7, 11) is 0. The molecule has 0 N–H and O–H groups in total. The number of Topliss-reactive ketones (excluding diaryl/α,β-unsaturated/α-hetero) is 1. The lowest BCUT2D eigenvalue weighted by Crippen LogP contribution is -2.13. The molecule has 3 heteroatoms. The molecule has 0 aliphatic carbocycles. The molecule has 16 heavy (non-hydrogen) atoms. The normalized spacial score (nSPS) is 21.4. The predicted octanol–water partition coefficient (Wildman–Crippen LogP) is 3.26. The molecule has 2 nitrogen and oxygen atoms in total. The second-order valence-corrected chi connectivity index (χ2v) is 4.69. The van der Waals surface area contributed by atoms with Crippen LogP contribution >= 0.6 is 11.6 Å². The van der Waals surface area contributed by atoms with E-state index in [9.17, 15) is 4.79 Å². The Morgan fingerprint density at radius 3 is 3.00 bits per heavy atom.